The van der Waals surface area contributed by atoms with Crippen molar-refractivity contribution in [2.24, 2.45) is 5.92 Å². The Hall–Kier alpha value is -2.08. The highest BCUT2D eigenvalue weighted by atomic mass is 16.5. The van der Waals surface area contributed by atoms with Crippen LogP contribution in [0.2, 0.25) is 0 Å². The van der Waals surface area contributed by atoms with Crippen LogP contribution in [0.4, 0.5) is 5.69 Å². The third-order valence-corrected chi connectivity index (χ3v) is 3.28. The van der Waals surface area contributed by atoms with Crippen LogP contribution in [0, 0.1) is 5.92 Å². The van der Waals surface area contributed by atoms with Gasteiger partial charge < -0.3 is 19.9 Å². The molecule has 0 aromatic heterocycles. The summed E-state index contributed by atoms with van der Waals surface area (Å²) in [6.45, 7) is 2.27. The number of amides is 1. The van der Waals surface area contributed by atoms with Gasteiger partial charge in [0.1, 0.15) is 5.75 Å². The van der Waals surface area contributed by atoms with Crippen molar-refractivity contribution in [3.05, 3.63) is 23.8 Å². The molecule has 20 heavy (non-hydrogen) atoms. The van der Waals surface area contributed by atoms with E-state index in [0.29, 0.717) is 18.8 Å². The van der Waals surface area contributed by atoms with Crippen molar-refractivity contribution in [1.29, 1.82) is 0 Å². The average molecular weight is 279 g/mol. The van der Waals surface area contributed by atoms with Crippen molar-refractivity contribution in [2.75, 3.05) is 19.0 Å². The van der Waals surface area contributed by atoms with Gasteiger partial charge in [-0.25, -0.2) is 4.79 Å². The summed E-state index contributed by atoms with van der Waals surface area (Å²) in [5, 5.41) is 11.8. The smallest absolute Gasteiger partial charge is 0.337 e. The summed E-state index contributed by atoms with van der Waals surface area (Å²) < 4.78 is 10.3. The van der Waals surface area contributed by atoms with Crippen molar-refractivity contribution in [3.8, 4) is 5.75 Å². The van der Waals surface area contributed by atoms with Gasteiger partial charge in [0.2, 0.25) is 5.91 Å². The molecule has 2 unspecified atom stereocenters. The first kappa shape index (κ1) is 14.3. The molecule has 1 aromatic rings. The molecule has 6 nitrogen and oxygen atoms in total. The summed E-state index contributed by atoms with van der Waals surface area (Å²) in [4.78, 5) is 23.3. The van der Waals surface area contributed by atoms with Gasteiger partial charge in [0.25, 0.3) is 0 Å². The first-order valence-corrected chi connectivity index (χ1v) is 6.35. The predicted octanol–water partition coefficient (Wildman–Crippen LogP) is 1.76. The number of aromatic carboxylic acids is 1. The Morgan fingerprint density at radius 2 is 2.20 bits per heavy atom. The maximum Gasteiger partial charge on any atom is 0.337 e. The molecule has 1 aliphatic rings. The van der Waals surface area contributed by atoms with Gasteiger partial charge in [-0.3, -0.25) is 4.79 Å². The number of carboxylic acid groups (broad SMARTS) is 1. The molecule has 0 radical (unpaired) electrons. The molecule has 2 atom stereocenters. The van der Waals surface area contributed by atoms with E-state index in [9.17, 15) is 14.7 Å². The summed E-state index contributed by atoms with van der Waals surface area (Å²) in [5.74, 6) is -1.15. The number of rotatable bonds is 4. The van der Waals surface area contributed by atoms with Gasteiger partial charge in [-0.1, -0.05) is 0 Å². The lowest BCUT2D eigenvalue weighted by Gasteiger charge is -2.12. The normalized spacial score (nSPS) is 21.5. The number of carboxylic acids is 1. The summed E-state index contributed by atoms with van der Waals surface area (Å²) in [6.07, 6.45) is 0.699. The van der Waals surface area contributed by atoms with E-state index in [-0.39, 0.29) is 29.2 Å². The molecule has 1 saturated heterocycles. The fourth-order valence-corrected chi connectivity index (χ4v) is 2.17. The fraction of sp³-hybridized carbons (Fsp3) is 0.429. The molecular formula is C14H17NO5. The van der Waals surface area contributed by atoms with Crippen LogP contribution in [0.1, 0.15) is 23.7 Å². The predicted molar refractivity (Wildman–Crippen MR) is 72.1 cm³/mol. The Morgan fingerprint density at radius 1 is 1.45 bits per heavy atom. The first-order chi connectivity index (χ1) is 9.51. The Morgan fingerprint density at radius 3 is 2.75 bits per heavy atom. The molecule has 108 valence electrons. The maximum absolute atomic E-state index is 12.1. The van der Waals surface area contributed by atoms with Crippen LogP contribution in [0.5, 0.6) is 5.75 Å². The van der Waals surface area contributed by atoms with E-state index in [2.05, 4.69) is 5.32 Å². The van der Waals surface area contributed by atoms with E-state index in [1.165, 1.54) is 19.2 Å². The summed E-state index contributed by atoms with van der Waals surface area (Å²) in [5.41, 5.74) is 0.271. The monoisotopic (exact) mass is 279 g/mol. The summed E-state index contributed by atoms with van der Waals surface area (Å²) in [7, 11) is 1.45. The fourth-order valence-electron chi connectivity index (χ4n) is 2.17. The van der Waals surface area contributed by atoms with Crippen LogP contribution in [-0.2, 0) is 9.53 Å². The van der Waals surface area contributed by atoms with Crippen molar-refractivity contribution in [3.63, 3.8) is 0 Å². The zero-order chi connectivity index (χ0) is 14.7. The Labute approximate surface area is 116 Å². The van der Waals surface area contributed by atoms with Gasteiger partial charge in [0.15, 0.2) is 0 Å². The molecule has 0 aliphatic carbocycles. The van der Waals surface area contributed by atoms with E-state index in [4.69, 9.17) is 9.47 Å². The van der Waals surface area contributed by atoms with Crippen molar-refractivity contribution >= 4 is 17.6 Å². The van der Waals surface area contributed by atoms with E-state index >= 15 is 0 Å². The Kier molecular flexibility index (Phi) is 4.24. The molecular weight excluding hydrogens is 262 g/mol. The number of anilines is 1. The number of methoxy groups -OCH3 is 1. The molecule has 0 spiro atoms. The molecule has 1 heterocycles. The van der Waals surface area contributed by atoms with E-state index < -0.39 is 5.97 Å². The van der Waals surface area contributed by atoms with Gasteiger partial charge in [-0.15, -0.1) is 0 Å². The highest BCUT2D eigenvalue weighted by Crippen LogP contribution is 2.25. The third-order valence-electron chi connectivity index (χ3n) is 3.28. The minimum Gasteiger partial charge on any atom is -0.497 e. The lowest BCUT2D eigenvalue weighted by atomic mass is 10.0. The van der Waals surface area contributed by atoms with Gasteiger partial charge in [0, 0.05) is 0 Å². The van der Waals surface area contributed by atoms with E-state index in [1.54, 1.807) is 6.07 Å². The third kappa shape index (κ3) is 3.08. The number of hydrogen-bond acceptors (Lipinski definition) is 4. The molecule has 1 aliphatic heterocycles. The van der Waals surface area contributed by atoms with E-state index in [0.717, 1.165) is 0 Å². The van der Waals surface area contributed by atoms with Gasteiger partial charge >= 0.3 is 5.97 Å². The SMILES string of the molecule is COc1ccc(NC(=O)C2COC(C)C2)c(C(=O)O)c1. The van der Waals surface area contributed by atoms with Crippen LogP contribution >= 0.6 is 0 Å². The van der Waals surface area contributed by atoms with Crippen LogP contribution in [0.15, 0.2) is 18.2 Å². The first-order valence-electron chi connectivity index (χ1n) is 6.35. The number of benzene rings is 1. The number of ether oxygens (including phenoxy) is 2. The molecule has 0 bridgehead atoms. The topological polar surface area (TPSA) is 84.9 Å². The molecule has 2 rings (SSSR count). The molecule has 1 fully saturated rings. The van der Waals surface area contributed by atoms with Gasteiger partial charge in [-0.05, 0) is 31.5 Å². The second kappa shape index (κ2) is 5.92. The quantitative estimate of drug-likeness (QED) is 0.877. The summed E-state index contributed by atoms with van der Waals surface area (Å²) >= 11 is 0. The second-order valence-electron chi connectivity index (χ2n) is 4.78. The van der Waals surface area contributed by atoms with Crippen LogP contribution in [0.3, 0.4) is 0 Å². The molecule has 1 amide bonds. The lowest BCUT2D eigenvalue weighted by molar-refractivity contribution is -0.119. The average Bonchev–Trinajstić information content (AvgIpc) is 2.85. The lowest BCUT2D eigenvalue weighted by Crippen LogP contribution is -2.24. The van der Waals surface area contributed by atoms with Crippen molar-refractivity contribution in [1.82, 2.24) is 0 Å². The highest BCUT2D eigenvalue weighted by molar-refractivity contribution is 6.01. The molecule has 2 N–H and O–H groups in total. The highest BCUT2D eigenvalue weighted by Gasteiger charge is 2.29. The van der Waals surface area contributed by atoms with Crippen molar-refractivity contribution < 1.29 is 24.2 Å². The van der Waals surface area contributed by atoms with Gasteiger partial charge in [-0.2, -0.15) is 0 Å². The minimum atomic E-state index is -1.12. The van der Waals surface area contributed by atoms with Crippen LogP contribution in [-0.4, -0.2) is 36.8 Å². The number of carbonyl (C=O) groups excluding carboxylic acids is 1. The largest absolute Gasteiger partial charge is 0.497 e. The van der Waals surface area contributed by atoms with Crippen LogP contribution < -0.4 is 10.1 Å². The summed E-state index contributed by atoms with van der Waals surface area (Å²) in [6, 6.07) is 4.51. The number of hydrogen-bond donors (Lipinski definition) is 2. The Balaban J connectivity index is 2.16. The zero-order valence-electron chi connectivity index (χ0n) is 11.4. The minimum absolute atomic E-state index is 0.00432. The van der Waals surface area contributed by atoms with Crippen molar-refractivity contribution in [2.45, 2.75) is 19.4 Å². The molecule has 6 heteroatoms. The maximum atomic E-state index is 12.1. The van der Waals surface area contributed by atoms with Gasteiger partial charge in [0.05, 0.1) is 37.0 Å². The molecule has 1 aromatic carbocycles. The van der Waals surface area contributed by atoms with E-state index in [1.807, 2.05) is 6.92 Å². The molecule has 0 saturated carbocycles. The standard InChI is InChI=1S/C14H17NO5/c1-8-5-9(7-20-8)13(16)15-12-4-3-10(19-2)6-11(12)14(17)18/h3-4,6,8-9H,5,7H2,1-2H3,(H,15,16)(H,17,18). The van der Waals surface area contributed by atoms with Crippen LogP contribution in [0.25, 0.3) is 0 Å². The zero-order valence-corrected chi connectivity index (χ0v) is 11.4. The number of nitrogens with one attached hydrogen (secondary N) is 1. The Bertz CT molecular complexity index is 528. The number of carbonyl (C=O) groups is 2. The second-order valence-corrected chi connectivity index (χ2v) is 4.78.